The number of ether oxygens (including phenoxy) is 1. The first kappa shape index (κ1) is 5.85. The molecular weight excluding hydrogens is 87.0 g/mol. The highest BCUT2D eigenvalue weighted by Gasteiger charge is 1.94. The Bertz CT molecular complexity index is 30.0. The number of rotatable bonds is 2. The number of hydrogen-bond acceptors (Lipinski definition) is 1. The van der Waals surface area contributed by atoms with Gasteiger partial charge in [-0.3, -0.25) is 0 Å². The highest BCUT2D eigenvalue weighted by molar-refractivity contribution is 4.06. The maximum atomic E-state index is 10.9. The summed E-state index contributed by atoms with van der Waals surface area (Å²) < 4.78 is 14.7. The lowest BCUT2D eigenvalue weighted by atomic mass is 10.9. The van der Waals surface area contributed by atoms with Crippen molar-refractivity contribution >= 4 is 0 Å². The highest BCUT2D eigenvalue weighted by atomic mass is 19.2. The molecule has 0 heterocycles. The molecule has 1 atom stereocenters. The average molecular weight is 93.1 g/mol. The van der Waals surface area contributed by atoms with Gasteiger partial charge in [0, 0.05) is 6.61 Å². The van der Waals surface area contributed by atoms with Crippen LogP contribution in [0.25, 0.3) is 0 Å². The van der Waals surface area contributed by atoms with Crippen molar-refractivity contribution in [2.75, 3.05) is 6.61 Å². The van der Waals surface area contributed by atoms with Crippen LogP contribution in [0, 0.1) is 0 Å². The topological polar surface area (TPSA) is 29.1 Å². The molecule has 0 saturated carbocycles. The van der Waals surface area contributed by atoms with Crippen LogP contribution in [-0.2, 0) is 9.84 Å². The van der Waals surface area contributed by atoms with E-state index in [-0.39, 0.29) is 6.61 Å². The van der Waals surface area contributed by atoms with Gasteiger partial charge in [-0.2, -0.15) is 9.50 Å². The zero-order valence-corrected chi connectivity index (χ0v) is 3.48. The van der Waals surface area contributed by atoms with Crippen molar-refractivity contribution in [1.29, 1.82) is 0 Å². The second-order valence-electron chi connectivity index (χ2n) is 0.730. The molecular formula is C3H6FO2. The van der Waals surface area contributed by atoms with E-state index < -0.39 is 6.54 Å². The van der Waals surface area contributed by atoms with Gasteiger partial charge in [-0.15, -0.1) is 0 Å². The number of hydrogen-bond donors (Lipinski definition) is 0. The normalized spacial score (nSPS) is 14.5. The summed E-state index contributed by atoms with van der Waals surface area (Å²) in [5.74, 6) is 0. The maximum absolute atomic E-state index is 10.9. The lowest BCUT2D eigenvalue weighted by Crippen LogP contribution is -2.00. The van der Waals surface area contributed by atoms with E-state index in [0.29, 0.717) is 0 Å². The third-order valence-corrected chi connectivity index (χ3v) is 0.298. The Morgan fingerprint density at radius 2 is 2.50 bits per heavy atom. The summed E-state index contributed by atoms with van der Waals surface area (Å²) in [4.78, 5) is 0. The van der Waals surface area contributed by atoms with Crippen LogP contribution in [0.5, 0.6) is 0 Å². The maximum Gasteiger partial charge on any atom is 0.337 e. The molecule has 1 unspecified atom stereocenters. The second-order valence-corrected chi connectivity index (χ2v) is 0.730. The van der Waals surface area contributed by atoms with E-state index in [1.165, 1.54) is 0 Å². The molecule has 37 valence electrons. The molecule has 0 spiro atoms. The SMILES string of the molecule is CCOC([O])F. The Labute approximate surface area is 35.5 Å². The fraction of sp³-hybridized carbons (Fsp3) is 1.00. The van der Waals surface area contributed by atoms with Crippen molar-refractivity contribution in [3.63, 3.8) is 0 Å². The van der Waals surface area contributed by atoms with Crippen LogP contribution >= 0.6 is 0 Å². The molecule has 2 nitrogen and oxygen atoms in total. The van der Waals surface area contributed by atoms with Crippen molar-refractivity contribution in [2.24, 2.45) is 0 Å². The monoisotopic (exact) mass is 93.0 g/mol. The molecule has 0 aliphatic heterocycles. The number of alkyl halides is 1. The summed E-state index contributed by atoms with van der Waals surface area (Å²) in [6.45, 7) is -0.648. The lowest BCUT2D eigenvalue weighted by Gasteiger charge is -1.92. The molecule has 0 aromatic heterocycles. The third-order valence-electron chi connectivity index (χ3n) is 0.298. The van der Waals surface area contributed by atoms with Crippen LogP contribution in [0.3, 0.4) is 0 Å². The Hall–Kier alpha value is -0.150. The third kappa shape index (κ3) is 3.85. The Kier molecular flexibility index (Phi) is 2.98. The Morgan fingerprint density at radius 3 is 2.50 bits per heavy atom. The fourth-order valence-electron chi connectivity index (χ4n) is 0.131. The largest absolute Gasteiger partial charge is 0.337 e. The molecule has 0 N–H and O–H groups in total. The molecule has 0 aliphatic carbocycles. The highest BCUT2D eigenvalue weighted by Crippen LogP contribution is 1.84. The molecule has 0 aliphatic rings. The summed E-state index contributed by atoms with van der Waals surface area (Å²) in [6, 6.07) is 0. The molecule has 0 rings (SSSR count). The van der Waals surface area contributed by atoms with Crippen molar-refractivity contribution in [3.8, 4) is 0 Å². The van der Waals surface area contributed by atoms with Crippen LogP contribution in [0.1, 0.15) is 6.92 Å². The van der Waals surface area contributed by atoms with Crippen LogP contribution in [0.15, 0.2) is 0 Å². The molecule has 0 aromatic carbocycles. The zero-order chi connectivity index (χ0) is 4.99. The Morgan fingerprint density at radius 1 is 2.00 bits per heavy atom. The van der Waals surface area contributed by atoms with E-state index in [2.05, 4.69) is 4.74 Å². The first-order chi connectivity index (χ1) is 2.77. The van der Waals surface area contributed by atoms with E-state index >= 15 is 0 Å². The van der Waals surface area contributed by atoms with Gasteiger partial charge in [0.2, 0.25) is 0 Å². The van der Waals surface area contributed by atoms with Crippen LogP contribution < -0.4 is 0 Å². The molecule has 0 amide bonds. The summed E-state index contributed by atoms with van der Waals surface area (Å²) in [7, 11) is 0. The second kappa shape index (κ2) is 3.06. The van der Waals surface area contributed by atoms with E-state index in [1.54, 1.807) is 6.92 Å². The van der Waals surface area contributed by atoms with Crippen molar-refractivity contribution in [3.05, 3.63) is 0 Å². The molecule has 1 radical (unpaired) electrons. The van der Waals surface area contributed by atoms with Gasteiger partial charge < -0.3 is 4.74 Å². The van der Waals surface area contributed by atoms with Crippen molar-refractivity contribution in [2.45, 2.75) is 13.5 Å². The molecule has 0 aromatic rings. The molecule has 0 bridgehead atoms. The van der Waals surface area contributed by atoms with E-state index in [4.69, 9.17) is 0 Å². The standard InChI is InChI=1S/C3H6FO2/c1-2-6-3(4)5/h3H,2H2,1H3. The molecule has 0 fully saturated rings. The predicted molar refractivity (Wildman–Crippen MR) is 17.2 cm³/mol. The van der Waals surface area contributed by atoms with Gasteiger partial charge in [0.15, 0.2) is 0 Å². The van der Waals surface area contributed by atoms with Crippen LogP contribution in [0.2, 0.25) is 0 Å². The predicted octanol–water partition coefficient (Wildman–Crippen LogP) is 0.707. The van der Waals surface area contributed by atoms with Gasteiger partial charge in [0.25, 0.3) is 0 Å². The molecule has 6 heavy (non-hydrogen) atoms. The minimum Gasteiger partial charge on any atom is -0.325 e. The minimum atomic E-state index is -2.35. The van der Waals surface area contributed by atoms with Gasteiger partial charge in [0.05, 0.1) is 0 Å². The lowest BCUT2D eigenvalue weighted by molar-refractivity contribution is -0.216. The van der Waals surface area contributed by atoms with Crippen LogP contribution in [-0.4, -0.2) is 13.2 Å². The van der Waals surface area contributed by atoms with Crippen LogP contribution in [0.4, 0.5) is 4.39 Å². The summed E-state index contributed by atoms with van der Waals surface area (Å²) in [5.41, 5.74) is 0. The average Bonchev–Trinajstić information content (AvgIpc) is 1.35. The summed E-state index contributed by atoms with van der Waals surface area (Å²) in [6.07, 6.45) is 0. The minimum absolute atomic E-state index is 0.144. The van der Waals surface area contributed by atoms with Gasteiger partial charge in [-0.05, 0) is 6.92 Å². The van der Waals surface area contributed by atoms with Crippen molar-refractivity contribution < 1.29 is 14.2 Å². The fourth-order valence-corrected chi connectivity index (χ4v) is 0.131. The molecule has 0 saturated heterocycles. The number of halogens is 1. The zero-order valence-electron chi connectivity index (χ0n) is 3.48. The quantitative estimate of drug-likeness (QED) is 0.462. The smallest absolute Gasteiger partial charge is 0.325 e. The van der Waals surface area contributed by atoms with Crippen molar-refractivity contribution in [1.82, 2.24) is 0 Å². The first-order valence-electron chi connectivity index (χ1n) is 1.69. The van der Waals surface area contributed by atoms with Gasteiger partial charge >= 0.3 is 6.54 Å². The summed E-state index contributed by atoms with van der Waals surface area (Å²) in [5, 5.41) is 9.24. The Balaban J connectivity index is 2.63. The van der Waals surface area contributed by atoms with Gasteiger partial charge in [-0.25, -0.2) is 0 Å². The molecule has 3 heteroatoms. The van der Waals surface area contributed by atoms with E-state index in [0.717, 1.165) is 0 Å². The van der Waals surface area contributed by atoms with Gasteiger partial charge in [-0.1, -0.05) is 0 Å². The van der Waals surface area contributed by atoms with E-state index in [9.17, 15) is 9.50 Å². The first-order valence-corrected chi connectivity index (χ1v) is 1.69. The van der Waals surface area contributed by atoms with E-state index in [1.807, 2.05) is 0 Å². The summed E-state index contributed by atoms with van der Waals surface area (Å²) >= 11 is 0. The van der Waals surface area contributed by atoms with Gasteiger partial charge in [0.1, 0.15) is 0 Å².